The van der Waals surface area contributed by atoms with E-state index < -0.39 is 11.7 Å². The number of carboxylic acid groups (broad SMARTS) is 1. The van der Waals surface area contributed by atoms with Gasteiger partial charge in [-0.05, 0) is 37.1 Å². The van der Waals surface area contributed by atoms with Gasteiger partial charge in [0.25, 0.3) is 0 Å². The number of oxazole rings is 1. The van der Waals surface area contributed by atoms with Crippen molar-refractivity contribution in [2.75, 3.05) is 6.54 Å². The summed E-state index contributed by atoms with van der Waals surface area (Å²) in [6, 6.07) is 5.54. The summed E-state index contributed by atoms with van der Waals surface area (Å²) in [4.78, 5) is 23.9. The van der Waals surface area contributed by atoms with Gasteiger partial charge in [0.05, 0.1) is 5.52 Å². The number of hydrogen-bond acceptors (Lipinski definition) is 4. The first-order valence-corrected chi connectivity index (χ1v) is 6.19. The van der Waals surface area contributed by atoms with Gasteiger partial charge in [-0.25, -0.2) is 4.79 Å². The molecule has 0 fully saturated rings. The van der Waals surface area contributed by atoms with Crippen LogP contribution < -0.4 is 11.1 Å². The van der Waals surface area contributed by atoms with Gasteiger partial charge in [0.2, 0.25) is 0 Å². The van der Waals surface area contributed by atoms with Gasteiger partial charge in [-0.2, -0.15) is 0 Å². The normalized spacial score (nSPS) is 10.9. The second-order valence-corrected chi connectivity index (χ2v) is 4.37. The van der Waals surface area contributed by atoms with E-state index in [0.29, 0.717) is 24.1 Å². The molecule has 2 rings (SSSR count). The Labute approximate surface area is 109 Å². The second kappa shape index (κ2) is 6.19. The molecule has 0 bridgehead atoms. The number of carbonyl (C=O) groups is 1. The van der Waals surface area contributed by atoms with Gasteiger partial charge in [-0.15, -0.1) is 0 Å². The third-order valence-electron chi connectivity index (χ3n) is 2.81. The molecule has 6 heteroatoms. The van der Waals surface area contributed by atoms with E-state index in [1.54, 1.807) is 0 Å². The fourth-order valence-electron chi connectivity index (χ4n) is 1.86. The molecule has 0 aliphatic heterocycles. The molecule has 0 unspecified atom stereocenters. The molecule has 0 saturated carbocycles. The predicted molar refractivity (Wildman–Crippen MR) is 70.0 cm³/mol. The first kappa shape index (κ1) is 13.4. The van der Waals surface area contributed by atoms with Crippen molar-refractivity contribution >= 4 is 17.1 Å². The highest BCUT2D eigenvalue weighted by atomic mass is 16.4. The highest BCUT2D eigenvalue weighted by Gasteiger charge is 2.02. The number of benzene rings is 1. The van der Waals surface area contributed by atoms with E-state index in [-0.39, 0.29) is 6.42 Å². The zero-order chi connectivity index (χ0) is 13.7. The standard InChI is InChI=1S/C13H16N2O4/c16-12(17)3-1-2-6-14-8-9-4-5-10-11(7-9)19-13(18)15-10/h4-5,7,14H,1-3,6,8H2,(H,15,18)(H,16,17). The molecule has 2 aromatic rings. The van der Waals surface area contributed by atoms with Crippen LogP contribution in [-0.4, -0.2) is 22.6 Å². The van der Waals surface area contributed by atoms with Gasteiger partial charge in [-0.1, -0.05) is 6.07 Å². The molecule has 0 aliphatic carbocycles. The monoisotopic (exact) mass is 264 g/mol. The quantitative estimate of drug-likeness (QED) is 0.658. The highest BCUT2D eigenvalue weighted by Crippen LogP contribution is 2.12. The number of aromatic nitrogens is 1. The smallest absolute Gasteiger partial charge is 0.417 e. The molecule has 0 aliphatic rings. The van der Waals surface area contributed by atoms with E-state index >= 15 is 0 Å². The van der Waals surface area contributed by atoms with Crippen molar-refractivity contribution in [1.82, 2.24) is 10.3 Å². The Kier molecular flexibility index (Phi) is 4.35. The maximum absolute atomic E-state index is 11.0. The van der Waals surface area contributed by atoms with Gasteiger partial charge in [-0.3, -0.25) is 9.78 Å². The zero-order valence-electron chi connectivity index (χ0n) is 10.4. The number of fused-ring (bicyclic) bond motifs is 1. The zero-order valence-corrected chi connectivity index (χ0v) is 10.4. The van der Waals surface area contributed by atoms with Crippen molar-refractivity contribution in [3.8, 4) is 0 Å². The molecule has 0 saturated heterocycles. The number of hydrogen-bond donors (Lipinski definition) is 3. The fourth-order valence-corrected chi connectivity index (χ4v) is 1.86. The Morgan fingerprint density at radius 1 is 1.37 bits per heavy atom. The van der Waals surface area contributed by atoms with E-state index in [4.69, 9.17) is 9.52 Å². The molecule has 0 radical (unpaired) electrons. The van der Waals surface area contributed by atoms with Crippen LogP contribution in [0.4, 0.5) is 0 Å². The lowest BCUT2D eigenvalue weighted by Gasteiger charge is -2.04. The lowest BCUT2D eigenvalue weighted by atomic mass is 10.2. The number of nitrogens with one attached hydrogen (secondary N) is 2. The summed E-state index contributed by atoms with van der Waals surface area (Å²) < 4.78 is 4.98. The van der Waals surface area contributed by atoms with Crippen molar-refractivity contribution < 1.29 is 14.3 Å². The van der Waals surface area contributed by atoms with E-state index in [1.807, 2.05) is 18.2 Å². The molecule has 6 nitrogen and oxygen atoms in total. The first-order chi connectivity index (χ1) is 9.15. The number of H-pyrrole nitrogens is 1. The van der Waals surface area contributed by atoms with Crippen molar-refractivity contribution in [2.24, 2.45) is 0 Å². The fraction of sp³-hybridized carbons (Fsp3) is 0.385. The van der Waals surface area contributed by atoms with E-state index in [0.717, 1.165) is 18.5 Å². The maximum Gasteiger partial charge on any atom is 0.417 e. The third-order valence-corrected chi connectivity index (χ3v) is 2.81. The maximum atomic E-state index is 11.0. The Bertz CT molecular complexity index is 614. The minimum atomic E-state index is -0.757. The minimum Gasteiger partial charge on any atom is -0.481 e. The lowest BCUT2D eigenvalue weighted by molar-refractivity contribution is -0.137. The van der Waals surface area contributed by atoms with Crippen molar-refractivity contribution in [2.45, 2.75) is 25.8 Å². The number of unbranched alkanes of at least 4 members (excludes halogenated alkanes) is 1. The van der Waals surface area contributed by atoms with E-state index in [9.17, 15) is 9.59 Å². The molecule has 1 aromatic carbocycles. The van der Waals surface area contributed by atoms with Gasteiger partial charge in [0.15, 0.2) is 5.58 Å². The van der Waals surface area contributed by atoms with Gasteiger partial charge < -0.3 is 14.8 Å². The van der Waals surface area contributed by atoms with Crippen molar-refractivity contribution in [3.05, 3.63) is 34.3 Å². The average Bonchev–Trinajstić information content (AvgIpc) is 2.72. The molecule has 0 amide bonds. The van der Waals surface area contributed by atoms with Crippen LogP contribution in [0.25, 0.3) is 11.1 Å². The average molecular weight is 264 g/mol. The Morgan fingerprint density at radius 3 is 3.00 bits per heavy atom. The Hall–Kier alpha value is -2.08. The number of aromatic amines is 1. The summed E-state index contributed by atoms with van der Waals surface area (Å²) in [5.74, 6) is -1.21. The van der Waals surface area contributed by atoms with Crippen molar-refractivity contribution in [1.29, 1.82) is 0 Å². The molecule has 1 heterocycles. The Morgan fingerprint density at radius 2 is 2.21 bits per heavy atom. The van der Waals surface area contributed by atoms with Crippen molar-refractivity contribution in [3.63, 3.8) is 0 Å². The summed E-state index contributed by atoms with van der Waals surface area (Å²) >= 11 is 0. The summed E-state index contributed by atoms with van der Waals surface area (Å²) in [5.41, 5.74) is 2.26. The van der Waals surface area contributed by atoms with Crippen LogP contribution in [0.15, 0.2) is 27.4 Å². The van der Waals surface area contributed by atoms with Crippen LogP contribution in [0.3, 0.4) is 0 Å². The number of rotatable bonds is 7. The first-order valence-electron chi connectivity index (χ1n) is 6.19. The van der Waals surface area contributed by atoms with Gasteiger partial charge in [0.1, 0.15) is 0 Å². The summed E-state index contributed by atoms with van der Waals surface area (Å²) in [5, 5.41) is 11.7. The molecule has 1 aromatic heterocycles. The molecule has 102 valence electrons. The van der Waals surface area contributed by atoms with E-state index in [2.05, 4.69) is 10.3 Å². The molecular formula is C13H16N2O4. The number of carboxylic acids is 1. The van der Waals surface area contributed by atoms with Gasteiger partial charge in [0, 0.05) is 13.0 Å². The van der Waals surface area contributed by atoms with E-state index in [1.165, 1.54) is 0 Å². The minimum absolute atomic E-state index is 0.210. The van der Waals surface area contributed by atoms with Crippen LogP contribution in [0, 0.1) is 0 Å². The largest absolute Gasteiger partial charge is 0.481 e. The van der Waals surface area contributed by atoms with Crippen LogP contribution in [0.2, 0.25) is 0 Å². The van der Waals surface area contributed by atoms with Crippen LogP contribution in [0.5, 0.6) is 0 Å². The highest BCUT2D eigenvalue weighted by molar-refractivity contribution is 5.72. The predicted octanol–water partition coefficient (Wildman–Crippen LogP) is 1.47. The summed E-state index contributed by atoms with van der Waals surface area (Å²) in [7, 11) is 0. The molecule has 0 spiro atoms. The van der Waals surface area contributed by atoms with Crippen LogP contribution in [0.1, 0.15) is 24.8 Å². The summed E-state index contributed by atoms with van der Waals surface area (Å²) in [6.07, 6.45) is 1.71. The molecular weight excluding hydrogens is 248 g/mol. The molecule has 3 N–H and O–H groups in total. The molecule has 19 heavy (non-hydrogen) atoms. The second-order valence-electron chi connectivity index (χ2n) is 4.37. The number of aliphatic carboxylic acids is 1. The third kappa shape index (κ3) is 3.96. The SMILES string of the molecule is O=C(O)CCCCNCc1ccc2[nH]c(=O)oc2c1. The topological polar surface area (TPSA) is 95.3 Å². The molecule has 0 atom stereocenters. The summed E-state index contributed by atoms with van der Waals surface area (Å²) in [6.45, 7) is 1.43. The van der Waals surface area contributed by atoms with Crippen LogP contribution in [-0.2, 0) is 11.3 Å². The Balaban J connectivity index is 1.78. The van der Waals surface area contributed by atoms with Crippen LogP contribution >= 0.6 is 0 Å². The van der Waals surface area contributed by atoms with Gasteiger partial charge >= 0.3 is 11.7 Å². The lowest BCUT2D eigenvalue weighted by Crippen LogP contribution is -2.14.